The van der Waals surface area contributed by atoms with Gasteiger partial charge in [-0.15, -0.1) is 0 Å². The highest BCUT2D eigenvalue weighted by atomic mass is 16.4. The van der Waals surface area contributed by atoms with Crippen molar-refractivity contribution in [3.05, 3.63) is 35.4 Å². The molecule has 112 valence electrons. The van der Waals surface area contributed by atoms with Crippen molar-refractivity contribution in [3.63, 3.8) is 0 Å². The maximum Gasteiger partial charge on any atom is 0.253 e. The van der Waals surface area contributed by atoms with Crippen molar-refractivity contribution < 1.29 is 14.8 Å². The van der Waals surface area contributed by atoms with Gasteiger partial charge in [0.15, 0.2) is 5.84 Å². The molecule has 0 saturated carbocycles. The van der Waals surface area contributed by atoms with Crippen molar-refractivity contribution >= 4 is 17.6 Å². The first kappa shape index (κ1) is 14.8. The minimum absolute atomic E-state index is 0.0444. The van der Waals surface area contributed by atoms with Crippen LogP contribution in [0.5, 0.6) is 0 Å². The van der Waals surface area contributed by atoms with E-state index in [4.69, 9.17) is 16.7 Å². The van der Waals surface area contributed by atoms with E-state index in [0.717, 1.165) is 0 Å². The number of piperidine rings is 1. The highest BCUT2D eigenvalue weighted by Gasteiger charge is 2.26. The molecular formula is C14H18N4O3. The largest absolute Gasteiger partial charge is 0.409 e. The quantitative estimate of drug-likeness (QED) is 0.316. The number of hydrogen-bond acceptors (Lipinski definition) is 4. The smallest absolute Gasteiger partial charge is 0.253 e. The van der Waals surface area contributed by atoms with Crippen molar-refractivity contribution in [2.45, 2.75) is 12.8 Å². The molecule has 1 aliphatic rings. The molecule has 1 fully saturated rings. The van der Waals surface area contributed by atoms with Gasteiger partial charge in [-0.05, 0) is 25.0 Å². The minimum Gasteiger partial charge on any atom is -0.409 e. The molecule has 1 aromatic carbocycles. The van der Waals surface area contributed by atoms with Crippen LogP contribution in [0.3, 0.4) is 0 Å². The lowest BCUT2D eigenvalue weighted by Gasteiger charge is -2.30. The summed E-state index contributed by atoms with van der Waals surface area (Å²) in [6.45, 7) is 1.00. The van der Waals surface area contributed by atoms with Crippen LogP contribution in [0.1, 0.15) is 28.8 Å². The van der Waals surface area contributed by atoms with E-state index in [1.54, 1.807) is 29.2 Å². The fraction of sp³-hybridized carbons (Fsp3) is 0.357. The van der Waals surface area contributed by atoms with Gasteiger partial charge in [0.2, 0.25) is 5.91 Å². The molecular weight excluding hydrogens is 272 g/mol. The van der Waals surface area contributed by atoms with E-state index in [1.165, 1.54) is 0 Å². The number of likely N-dealkylation sites (tertiary alicyclic amines) is 1. The Kier molecular flexibility index (Phi) is 4.42. The number of nitrogens with zero attached hydrogens (tertiary/aromatic N) is 2. The topological polar surface area (TPSA) is 122 Å². The summed E-state index contributed by atoms with van der Waals surface area (Å²) in [5.74, 6) is -0.642. The molecule has 2 rings (SSSR count). The van der Waals surface area contributed by atoms with Gasteiger partial charge in [0, 0.05) is 30.1 Å². The number of primary amides is 1. The average Bonchev–Trinajstić information content (AvgIpc) is 2.53. The maximum atomic E-state index is 12.4. The summed E-state index contributed by atoms with van der Waals surface area (Å²) in [6, 6.07) is 6.59. The molecule has 0 atom stereocenters. The van der Waals surface area contributed by atoms with Gasteiger partial charge in [-0.25, -0.2) is 0 Å². The number of hydrogen-bond donors (Lipinski definition) is 3. The SMILES string of the molecule is NC(=O)C1CCN(C(=O)c2cccc(/C(N)=N/O)c2)CC1. The summed E-state index contributed by atoms with van der Waals surface area (Å²) >= 11 is 0. The molecule has 7 heteroatoms. The lowest BCUT2D eigenvalue weighted by Crippen LogP contribution is -2.41. The lowest BCUT2D eigenvalue weighted by molar-refractivity contribution is -0.123. The number of nitrogens with two attached hydrogens (primary N) is 2. The summed E-state index contributed by atoms with van der Waals surface area (Å²) in [6.07, 6.45) is 1.17. The molecule has 1 aliphatic heterocycles. The van der Waals surface area contributed by atoms with Gasteiger partial charge in [0.25, 0.3) is 5.91 Å². The number of rotatable bonds is 3. The molecule has 0 aliphatic carbocycles. The van der Waals surface area contributed by atoms with Crippen LogP contribution >= 0.6 is 0 Å². The zero-order valence-electron chi connectivity index (χ0n) is 11.5. The van der Waals surface area contributed by atoms with Crippen LogP contribution in [0.2, 0.25) is 0 Å². The second kappa shape index (κ2) is 6.25. The second-order valence-electron chi connectivity index (χ2n) is 5.03. The zero-order valence-corrected chi connectivity index (χ0v) is 11.5. The molecule has 1 aromatic rings. The number of carbonyl (C=O) groups is 2. The molecule has 0 aromatic heterocycles. The van der Waals surface area contributed by atoms with Crippen LogP contribution < -0.4 is 11.5 Å². The minimum atomic E-state index is -0.309. The van der Waals surface area contributed by atoms with E-state index >= 15 is 0 Å². The molecule has 7 nitrogen and oxygen atoms in total. The standard InChI is InChI=1S/C14H18N4O3/c15-12(17-21)10-2-1-3-11(8-10)14(20)18-6-4-9(5-7-18)13(16)19/h1-3,8-9,21H,4-7H2,(H2,15,17)(H2,16,19). The first-order valence-electron chi connectivity index (χ1n) is 6.69. The summed E-state index contributed by atoms with van der Waals surface area (Å²) in [4.78, 5) is 25.2. The Morgan fingerprint density at radius 1 is 1.19 bits per heavy atom. The van der Waals surface area contributed by atoms with Gasteiger partial charge in [0.1, 0.15) is 0 Å². The Morgan fingerprint density at radius 2 is 1.81 bits per heavy atom. The highest BCUT2D eigenvalue weighted by molar-refractivity contribution is 6.01. The summed E-state index contributed by atoms with van der Waals surface area (Å²) in [5, 5.41) is 11.6. The third-order valence-corrected chi connectivity index (χ3v) is 3.70. The first-order chi connectivity index (χ1) is 10.0. The van der Waals surface area contributed by atoms with Gasteiger partial charge in [-0.2, -0.15) is 0 Å². The van der Waals surface area contributed by atoms with Crippen molar-refractivity contribution in [1.82, 2.24) is 4.90 Å². The fourth-order valence-corrected chi connectivity index (χ4v) is 2.42. The number of amides is 2. The fourth-order valence-electron chi connectivity index (χ4n) is 2.42. The zero-order chi connectivity index (χ0) is 15.4. The Labute approximate surface area is 122 Å². The van der Waals surface area contributed by atoms with Gasteiger partial charge in [0.05, 0.1) is 0 Å². The molecule has 0 radical (unpaired) electrons. The normalized spacial score (nSPS) is 16.8. The van der Waals surface area contributed by atoms with Crippen molar-refractivity contribution in [2.24, 2.45) is 22.5 Å². The molecule has 1 heterocycles. The molecule has 0 bridgehead atoms. The summed E-state index contributed by atoms with van der Waals surface area (Å²) in [5.41, 5.74) is 11.7. The van der Waals surface area contributed by atoms with E-state index in [0.29, 0.717) is 37.1 Å². The maximum absolute atomic E-state index is 12.4. The van der Waals surface area contributed by atoms with Crippen molar-refractivity contribution in [3.8, 4) is 0 Å². The van der Waals surface area contributed by atoms with Gasteiger partial charge >= 0.3 is 0 Å². The number of oxime groups is 1. The van der Waals surface area contributed by atoms with E-state index < -0.39 is 0 Å². The molecule has 1 saturated heterocycles. The van der Waals surface area contributed by atoms with Gasteiger partial charge < -0.3 is 21.6 Å². The van der Waals surface area contributed by atoms with Crippen LogP contribution in [-0.4, -0.2) is 40.8 Å². The molecule has 0 unspecified atom stereocenters. The summed E-state index contributed by atoms with van der Waals surface area (Å²) < 4.78 is 0. The third-order valence-electron chi connectivity index (χ3n) is 3.70. The second-order valence-corrected chi connectivity index (χ2v) is 5.03. The van der Waals surface area contributed by atoms with Crippen molar-refractivity contribution in [1.29, 1.82) is 0 Å². The number of benzene rings is 1. The summed E-state index contributed by atoms with van der Waals surface area (Å²) in [7, 11) is 0. The van der Waals surface area contributed by atoms with Crippen LogP contribution in [0.25, 0.3) is 0 Å². The Balaban J connectivity index is 2.09. The van der Waals surface area contributed by atoms with E-state index in [-0.39, 0.29) is 23.6 Å². The highest BCUT2D eigenvalue weighted by Crippen LogP contribution is 2.19. The molecule has 5 N–H and O–H groups in total. The van der Waals surface area contributed by atoms with Crippen molar-refractivity contribution in [2.75, 3.05) is 13.1 Å². The van der Waals surface area contributed by atoms with E-state index in [1.807, 2.05) is 0 Å². The van der Waals surface area contributed by atoms with Crippen LogP contribution in [0.4, 0.5) is 0 Å². The van der Waals surface area contributed by atoms with E-state index in [2.05, 4.69) is 5.16 Å². The Bertz CT molecular complexity index is 577. The number of amidine groups is 1. The van der Waals surface area contributed by atoms with E-state index in [9.17, 15) is 9.59 Å². The molecule has 2 amide bonds. The first-order valence-corrected chi connectivity index (χ1v) is 6.69. The average molecular weight is 290 g/mol. The van der Waals surface area contributed by atoms with Gasteiger partial charge in [-0.1, -0.05) is 17.3 Å². The van der Waals surface area contributed by atoms with Crippen LogP contribution in [-0.2, 0) is 4.79 Å². The lowest BCUT2D eigenvalue weighted by atomic mass is 9.95. The molecule has 21 heavy (non-hydrogen) atoms. The third kappa shape index (κ3) is 3.31. The van der Waals surface area contributed by atoms with Crippen LogP contribution in [0, 0.1) is 5.92 Å². The predicted molar refractivity (Wildman–Crippen MR) is 76.8 cm³/mol. The van der Waals surface area contributed by atoms with Gasteiger partial charge in [-0.3, -0.25) is 9.59 Å². The predicted octanol–water partition coefficient (Wildman–Crippen LogP) is 0.119. The Hall–Kier alpha value is -2.57. The molecule has 0 spiro atoms. The Morgan fingerprint density at radius 3 is 2.38 bits per heavy atom. The van der Waals surface area contributed by atoms with Crippen LogP contribution in [0.15, 0.2) is 29.4 Å². The number of carbonyl (C=O) groups excluding carboxylic acids is 2. The monoisotopic (exact) mass is 290 g/mol.